The van der Waals surface area contributed by atoms with Crippen molar-refractivity contribution in [2.45, 2.75) is 115 Å². The lowest BCUT2D eigenvalue weighted by atomic mass is 9.98. The smallest absolute Gasteiger partial charge is 0.411 e. The van der Waals surface area contributed by atoms with Crippen molar-refractivity contribution in [3.05, 3.63) is 83.6 Å². The molecule has 5 aromatic rings. The number of imidazole rings is 2. The first-order chi connectivity index (χ1) is 27.0. The van der Waals surface area contributed by atoms with Gasteiger partial charge < -0.3 is 19.4 Å². The van der Waals surface area contributed by atoms with Crippen molar-refractivity contribution < 1.29 is 27.8 Å². The van der Waals surface area contributed by atoms with E-state index < -0.39 is 17.1 Å². The molecule has 4 fully saturated rings. The number of carbonyl (C=O) groups excluding carboxylic acids is 2. The van der Waals surface area contributed by atoms with Crippen molar-refractivity contribution in [1.82, 2.24) is 29.7 Å². The van der Waals surface area contributed by atoms with Gasteiger partial charge in [-0.25, -0.2) is 19.6 Å². The fraction of sp³-hybridized carbons (Fsp3) is 0.467. The van der Waals surface area contributed by atoms with Gasteiger partial charge in [0.1, 0.15) is 22.9 Å². The lowest BCUT2D eigenvalue weighted by Gasteiger charge is -2.35. The lowest BCUT2D eigenvalue weighted by Crippen LogP contribution is -2.43. The summed E-state index contributed by atoms with van der Waals surface area (Å²) in [5.41, 5.74) is 4.02. The highest BCUT2D eigenvalue weighted by Crippen LogP contribution is 2.59. The maximum absolute atomic E-state index is 16.5. The average molecular weight is 775 g/mol. The molecule has 296 valence electrons. The summed E-state index contributed by atoms with van der Waals surface area (Å²) >= 11 is 0. The molecule has 3 aliphatic carbocycles. The highest BCUT2D eigenvalue weighted by molar-refractivity contribution is 5.87. The molecular weight excluding hydrogens is 727 g/mol. The minimum absolute atomic E-state index is 0.0356. The van der Waals surface area contributed by atoms with Crippen LogP contribution in [-0.2, 0) is 15.4 Å². The molecule has 2 amide bonds. The maximum Gasteiger partial charge on any atom is 0.411 e. The molecule has 2 saturated heterocycles. The van der Waals surface area contributed by atoms with Crippen LogP contribution in [0.5, 0.6) is 0 Å². The summed E-state index contributed by atoms with van der Waals surface area (Å²) in [5, 5.41) is 0. The maximum atomic E-state index is 16.5. The van der Waals surface area contributed by atoms with E-state index in [2.05, 4.69) is 15.0 Å². The van der Waals surface area contributed by atoms with E-state index in [0.29, 0.717) is 46.2 Å². The van der Waals surface area contributed by atoms with Crippen LogP contribution in [0.3, 0.4) is 0 Å². The van der Waals surface area contributed by atoms with Crippen LogP contribution in [0.4, 0.5) is 18.4 Å². The zero-order valence-corrected chi connectivity index (χ0v) is 33.2. The van der Waals surface area contributed by atoms with Crippen molar-refractivity contribution in [2.75, 3.05) is 6.54 Å². The van der Waals surface area contributed by atoms with Crippen LogP contribution in [0.25, 0.3) is 44.5 Å². The summed E-state index contributed by atoms with van der Waals surface area (Å²) in [6.07, 6.45) is 6.83. The largest absolute Gasteiger partial charge is 0.444 e. The van der Waals surface area contributed by atoms with Gasteiger partial charge in [-0.3, -0.25) is 9.80 Å². The molecule has 10 nitrogen and oxygen atoms in total. The molecule has 4 atom stereocenters. The molecule has 2 aliphatic heterocycles. The van der Waals surface area contributed by atoms with Gasteiger partial charge >= 0.3 is 12.2 Å². The van der Waals surface area contributed by atoms with E-state index in [-0.39, 0.29) is 46.9 Å². The quantitative estimate of drug-likeness (QED) is 0.188. The molecule has 2 unspecified atom stereocenters. The standard InChI is InChI=1S/C45H48F2N6O4/c1-42(2,3)56-40(54)52-23-44(15-16-44)21-36(52)38-48-22-35(51-38)26-9-13-30-29-12-8-24(18-31(29)45(46,47)32(30)19-26)25-10-14-33-34(20-25)50-39(49-33)37-27-7-11-28(17-27)53(37)41(55)57-43(4,5)6/h8-10,12-14,18-20,22,27-28,36-37H,7,11,15-17,21,23H2,1-6H3,(H,48,51)(H,49,50)/t27-,28+,36?,37?/m1/s1. The molecular formula is C45H48F2N6O4. The van der Waals surface area contributed by atoms with Crippen molar-refractivity contribution in [1.29, 1.82) is 0 Å². The second-order valence-electron chi connectivity index (χ2n) is 19.0. The average Bonchev–Trinajstić information content (AvgIpc) is 3.78. The molecule has 4 heterocycles. The molecule has 1 spiro atoms. The second-order valence-corrected chi connectivity index (χ2v) is 19.0. The summed E-state index contributed by atoms with van der Waals surface area (Å²) in [6.45, 7) is 11.8. The summed E-state index contributed by atoms with van der Waals surface area (Å²) in [5.74, 6) is -1.56. The zero-order valence-electron chi connectivity index (χ0n) is 33.2. The molecule has 2 saturated carbocycles. The number of halogens is 2. The third kappa shape index (κ3) is 6.09. The third-order valence-electron chi connectivity index (χ3n) is 12.6. The van der Waals surface area contributed by atoms with Crippen LogP contribution < -0.4 is 0 Å². The van der Waals surface area contributed by atoms with Gasteiger partial charge in [-0.1, -0.05) is 30.3 Å². The number of likely N-dealkylation sites (tertiary alicyclic amines) is 2. The number of hydrogen-bond acceptors (Lipinski definition) is 6. The van der Waals surface area contributed by atoms with Gasteiger partial charge in [0.05, 0.1) is 35.0 Å². The number of nitrogens with one attached hydrogen (secondary N) is 2. The number of fused-ring (bicyclic) bond motifs is 6. The SMILES string of the molecule is CC(C)(C)OC(=O)N1CC2(CC2)CC1c1ncc(-c2ccc3c(c2)C(F)(F)c2cc(-c4ccc5nc(C6[C@@H]7CC[C@@H](C7)N6C(=O)OC(C)(C)C)[nH]c5c4)ccc2-3)[nH]1. The zero-order chi connectivity index (χ0) is 39.8. The number of aromatic amines is 2. The van der Waals surface area contributed by atoms with E-state index in [1.165, 1.54) is 0 Å². The predicted octanol–water partition coefficient (Wildman–Crippen LogP) is 10.7. The number of carbonyl (C=O) groups is 2. The first-order valence-corrected chi connectivity index (χ1v) is 20.2. The van der Waals surface area contributed by atoms with Gasteiger partial charge in [0.15, 0.2) is 0 Å². The van der Waals surface area contributed by atoms with E-state index in [4.69, 9.17) is 14.5 Å². The minimum atomic E-state index is -3.23. The highest BCUT2D eigenvalue weighted by Gasteiger charge is 2.55. The van der Waals surface area contributed by atoms with Crippen molar-refractivity contribution in [3.8, 4) is 33.5 Å². The van der Waals surface area contributed by atoms with Crippen LogP contribution in [0, 0.1) is 11.3 Å². The van der Waals surface area contributed by atoms with E-state index in [1.54, 1.807) is 35.4 Å². The topological polar surface area (TPSA) is 116 Å². The predicted molar refractivity (Wildman–Crippen MR) is 211 cm³/mol. The minimum Gasteiger partial charge on any atom is -0.444 e. The lowest BCUT2D eigenvalue weighted by molar-refractivity contribution is 0.00615. The molecule has 2 bridgehead atoms. The van der Waals surface area contributed by atoms with Crippen molar-refractivity contribution >= 4 is 23.2 Å². The van der Waals surface area contributed by atoms with Gasteiger partial charge in [0.2, 0.25) is 0 Å². The van der Waals surface area contributed by atoms with E-state index in [1.807, 2.05) is 76.8 Å². The molecule has 5 aliphatic rings. The first-order valence-electron chi connectivity index (χ1n) is 20.2. The number of rotatable bonds is 4. The fourth-order valence-corrected chi connectivity index (χ4v) is 9.84. The van der Waals surface area contributed by atoms with Gasteiger partial charge in [-0.15, -0.1) is 0 Å². The number of benzene rings is 3. The Labute approximate surface area is 330 Å². The monoisotopic (exact) mass is 774 g/mol. The summed E-state index contributed by atoms with van der Waals surface area (Å²) in [4.78, 5) is 46.6. The first kappa shape index (κ1) is 36.1. The number of hydrogen-bond donors (Lipinski definition) is 2. The number of aromatic nitrogens is 4. The van der Waals surface area contributed by atoms with Crippen molar-refractivity contribution in [2.24, 2.45) is 11.3 Å². The second kappa shape index (κ2) is 12.1. The number of H-pyrrole nitrogens is 2. The molecule has 2 N–H and O–H groups in total. The van der Waals surface area contributed by atoms with Crippen LogP contribution in [0.2, 0.25) is 0 Å². The molecule has 10 rings (SSSR count). The molecule has 0 radical (unpaired) electrons. The van der Waals surface area contributed by atoms with Crippen LogP contribution in [0.1, 0.15) is 115 Å². The Bertz CT molecular complexity index is 2470. The molecule has 57 heavy (non-hydrogen) atoms. The Balaban J connectivity index is 0.910. The number of alkyl halides is 2. The Morgan fingerprint density at radius 2 is 1.46 bits per heavy atom. The highest BCUT2D eigenvalue weighted by atomic mass is 19.3. The number of amides is 2. The third-order valence-corrected chi connectivity index (χ3v) is 12.6. The van der Waals surface area contributed by atoms with E-state index in [0.717, 1.165) is 60.9 Å². The Hall–Kier alpha value is -5.26. The fourth-order valence-electron chi connectivity index (χ4n) is 9.84. The van der Waals surface area contributed by atoms with Crippen LogP contribution >= 0.6 is 0 Å². The molecule has 2 aromatic heterocycles. The molecule has 3 aromatic carbocycles. The molecule has 12 heteroatoms. The number of nitrogens with zero attached hydrogens (tertiary/aromatic N) is 4. The van der Waals surface area contributed by atoms with Gasteiger partial charge in [-0.2, -0.15) is 8.78 Å². The number of piperidine rings is 1. The van der Waals surface area contributed by atoms with E-state index >= 15 is 8.78 Å². The Morgan fingerprint density at radius 3 is 2.16 bits per heavy atom. The van der Waals surface area contributed by atoms with Crippen LogP contribution in [-0.4, -0.2) is 65.7 Å². The Morgan fingerprint density at radius 1 is 0.807 bits per heavy atom. The Kier molecular flexibility index (Phi) is 7.68. The normalized spacial score (nSPS) is 24.0. The van der Waals surface area contributed by atoms with Gasteiger partial charge in [0.25, 0.3) is 5.92 Å². The van der Waals surface area contributed by atoms with Crippen LogP contribution in [0.15, 0.2) is 60.8 Å². The van der Waals surface area contributed by atoms with Gasteiger partial charge in [-0.05, 0) is 138 Å². The number of ether oxygens (including phenoxy) is 2. The summed E-state index contributed by atoms with van der Waals surface area (Å²) in [6, 6.07) is 15.9. The van der Waals surface area contributed by atoms with Crippen molar-refractivity contribution in [3.63, 3.8) is 0 Å². The van der Waals surface area contributed by atoms with E-state index in [9.17, 15) is 9.59 Å². The van der Waals surface area contributed by atoms with Gasteiger partial charge in [0, 0.05) is 29.3 Å². The summed E-state index contributed by atoms with van der Waals surface area (Å²) in [7, 11) is 0. The summed E-state index contributed by atoms with van der Waals surface area (Å²) < 4.78 is 44.5.